The molecule has 1 aromatic heterocycles. The third-order valence-electron chi connectivity index (χ3n) is 2.47. The van der Waals surface area contributed by atoms with Crippen molar-refractivity contribution in [1.29, 1.82) is 0 Å². The maximum Gasteiger partial charge on any atom is 0.218 e. The fourth-order valence-corrected chi connectivity index (χ4v) is 1.41. The number of methoxy groups -OCH3 is 1. The van der Waals surface area contributed by atoms with Gasteiger partial charge in [0, 0.05) is 25.1 Å². The van der Waals surface area contributed by atoms with Gasteiger partial charge in [-0.05, 0) is 6.42 Å². The summed E-state index contributed by atoms with van der Waals surface area (Å²) < 4.78 is 10.6. The van der Waals surface area contributed by atoms with Crippen LogP contribution in [0.1, 0.15) is 39.9 Å². The molecule has 0 amide bonds. The molecule has 0 aliphatic heterocycles. The molecule has 1 aromatic rings. The maximum absolute atomic E-state index is 5.59. The second-order valence-corrected chi connectivity index (χ2v) is 5.43. The van der Waals surface area contributed by atoms with E-state index in [-0.39, 0.29) is 5.41 Å². The highest BCUT2D eigenvalue weighted by atomic mass is 16.5. The van der Waals surface area contributed by atoms with E-state index in [0.29, 0.717) is 19.1 Å². The highest BCUT2D eigenvalue weighted by Gasteiger charge is 2.19. The predicted molar refractivity (Wildman–Crippen MR) is 76.9 cm³/mol. The van der Waals surface area contributed by atoms with Crippen molar-refractivity contribution in [2.24, 2.45) is 0 Å². The summed E-state index contributed by atoms with van der Waals surface area (Å²) in [5, 5.41) is 3.28. The van der Waals surface area contributed by atoms with Gasteiger partial charge in [0.05, 0.1) is 6.61 Å². The van der Waals surface area contributed by atoms with Crippen LogP contribution in [0.4, 0.5) is 5.82 Å². The van der Waals surface area contributed by atoms with Crippen molar-refractivity contribution in [3.63, 3.8) is 0 Å². The first-order valence-corrected chi connectivity index (χ1v) is 6.72. The average Bonchev–Trinajstić information content (AvgIpc) is 2.35. The Kier molecular flexibility index (Phi) is 6.02. The molecule has 0 radical (unpaired) electrons. The molecular formula is C14H25N3O2. The molecule has 0 aliphatic rings. The van der Waals surface area contributed by atoms with Crippen molar-refractivity contribution in [3.8, 4) is 5.88 Å². The lowest BCUT2D eigenvalue weighted by Crippen LogP contribution is -2.18. The van der Waals surface area contributed by atoms with Gasteiger partial charge in [-0.3, -0.25) is 0 Å². The highest BCUT2D eigenvalue weighted by Crippen LogP contribution is 2.23. The van der Waals surface area contributed by atoms with Gasteiger partial charge in [-0.1, -0.05) is 27.7 Å². The first-order chi connectivity index (χ1) is 8.97. The van der Waals surface area contributed by atoms with Crippen molar-refractivity contribution in [1.82, 2.24) is 9.97 Å². The lowest BCUT2D eigenvalue weighted by Gasteiger charge is -2.19. The molecule has 1 N–H and O–H groups in total. The average molecular weight is 267 g/mol. The molecule has 0 saturated heterocycles. The van der Waals surface area contributed by atoms with Crippen molar-refractivity contribution < 1.29 is 9.47 Å². The molecule has 0 saturated carbocycles. The second kappa shape index (κ2) is 7.28. The van der Waals surface area contributed by atoms with Gasteiger partial charge in [-0.15, -0.1) is 0 Å². The molecule has 0 aliphatic carbocycles. The Morgan fingerprint density at radius 3 is 2.53 bits per heavy atom. The molecule has 0 atom stereocenters. The lowest BCUT2D eigenvalue weighted by atomic mass is 9.96. The van der Waals surface area contributed by atoms with Crippen LogP contribution < -0.4 is 10.1 Å². The van der Waals surface area contributed by atoms with Gasteiger partial charge >= 0.3 is 0 Å². The van der Waals surface area contributed by atoms with Gasteiger partial charge in [0.1, 0.15) is 18.2 Å². The fraction of sp³-hybridized carbons (Fsp3) is 0.714. The van der Waals surface area contributed by atoms with E-state index in [2.05, 4.69) is 43.0 Å². The Morgan fingerprint density at radius 2 is 1.95 bits per heavy atom. The number of hydrogen-bond donors (Lipinski definition) is 1. The van der Waals surface area contributed by atoms with E-state index in [4.69, 9.17) is 9.47 Å². The number of anilines is 1. The first kappa shape index (κ1) is 15.7. The van der Waals surface area contributed by atoms with Gasteiger partial charge in [0.2, 0.25) is 5.88 Å². The summed E-state index contributed by atoms with van der Waals surface area (Å²) in [5.41, 5.74) is -0.108. The van der Waals surface area contributed by atoms with Crippen molar-refractivity contribution >= 4 is 5.82 Å². The van der Waals surface area contributed by atoms with Crippen LogP contribution in [-0.4, -0.2) is 36.8 Å². The van der Waals surface area contributed by atoms with E-state index < -0.39 is 0 Å². The van der Waals surface area contributed by atoms with Gasteiger partial charge in [0.15, 0.2) is 0 Å². The molecule has 0 bridgehead atoms. The Balaban J connectivity index is 2.89. The standard InChI is InChI=1S/C14H25N3O2/c1-6-7-15-11-10-12(19-9-8-18-5)17-13(16-11)14(2,3)4/h10H,6-9H2,1-5H3,(H,15,16,17). The fourth-order valence-electron chi connectivity index (χ4n) is 1.41. The topological polar surface area (TPSA) is 56.3 Å². The van der Waals surface area contributed by atoms with Crippen LogP contribution in [0.3, 0.4) is 0 Å². The number of hydrogen-bond acceptors (Lipinski definition) is 5. The van der Waals surface area contributed by atoms with Crippen LogP contribution in [-0.2, 0) is 10.2 Å². The molecule has 108 valence electrons. The minimum atomic E-state index is -0.108. The molecule has 5 nitrogen and oxygen atoms in total. The Bertz CT molecular complexity index is 389. The second-order valence-electron chi connectivity index (χ2n) is 5.43. The van der Waals surface area contributed by atoms with Gasteiger partial charge in [-0.2, -0.15) is 4.98 Å². The Labute approximate surface area is 115 Å². The monoisotopic (exact) mass is 267 g/mol. The number of ether oxygens (including phenoxy) is 2. The largest absolute Gasteiger partial charge is 0.475 e. The van der Waals surface area contributed by atoms with E-state index in [1.807, 2.05) is 6.07 Å². The van der Waals surface area contributed by atoms with Crippen LogP contribution in [0.2, 0.25) is 0 Å². The third kappa shape index (κ3) is 5.42. The zero-order chi connectivity index (χ0) is 14.3. The molecular weight excluding hydrogens is 242 g/mol. The summed E-state index contributed by atoms with van der Waals surface area (Å²) in [6.45, 7) is 10.3. The van der Waals surface area contributed by atoms with E-state index in [1.54, 1.807) is 7.11 Å². The van der Waals surface area contributed by atoms with Crippen LogP contribution in [0, 0.1) is 0 Å². The van der Waals surface area contributed by atoms with Crippen LogP contribution >= 0.6 is 0 Å². The third-order valence-corrected chi connectivity index (χ3v) is 2.47. The molecule has 1 rings (SSSR count). The lowest BCUT2D eigenvalue weighted by molar-refractivity contribution is 0.143. The number of aromatic nitrogens is 2. The summed E-state index contributed by atoms with van der Waals surface area (Å²) in [4.78, 5) is 8.99. The molecule has 0 unspecified atom stereocenters. The van der Waals surface area contributed by atoms with Crippen LogP contribution in [0.15, 0.2) is 6.07 Å². The van der Waals surface area contributed by atoms with Crippen molar-refractivity contribution in [3.05, 3.63) is 11.9 Å². The Morgan fingerprint density at radius 1 is 1.21 bits per heavy atom. The van der Waals surface area contributed by atoms with Crippen molar-refractivity contribution in [2.75, 3.05) is 32.2 Å². The first-order valence-electron chi connectivity index (χ1n) is 6.72. The SMILES string of the molecule is CCCNc1cc(OCCOC)nc(C(C)(C)C)n1. The van der Waals surface area contributed by atoms with E-state index in [0.717, 1.165) is 24.6 Å². The van der Waals surface area contributed by atoms with Gasteiger partial charge in [-0.25, -0.2) is 4.98 Å². The molecule has 0 fully saturated rings. The molecule has 0 spiro atoms. The minimum absolute atomic E-state index is 0.108. The zero-order valence-electron chi connectivity index (χ0n) is 12.6. The highest BCUT2D eigenvalue weighted by molar-refractivity contribution is 5.39. The minimum Gasteiger partial charge on any atom is -0.475 e. The van der Waals surface area contributed by atoms with Crippen molar-refractivity contribution in [2.45, 2.75) is 39.5 Å². The Hall–Kier alpha value is -1.36. The predicted octanol–water partition coefficient (Wildman–Crippen LogP) is 2.62. The summed E-state index contributed by atoms with van der Waals surface area (Å²) in [5.74, 6) is 2.19. The quantitative estimate of drug-likeness (QED) is 0.770. The van der Waals surface area contributed by atoms with Crippen LogP contribution in [0.5, 0.6) is 5.88 Å². The molecule has 5 heteroatoms. The van der Waals surface area contributed by atoms with Crippen LogP contribution in [0.25, 0.3) is 0 Å². The summed E-state index contributed by atoms with van der Waals surface area (Å²) in [7, 11) is 1.65. The normalized spacial score (nSPS) is 11.4. The van der Waals surface area contributed by atoms with Gasteiger partial charge in [0.25, 0.3) is 0 Å². The smallest absolute Gasteiger partial charge is 0.218 e. The zero-order valence-corrected chi connectivity index (χ0v) is 12.6. The van der Waals surface area contributed by atoms with Gasteiger partial charge < -0.3 is 14.8 Å². The summed E-state index contributed by atoms with van der Waals surface area (Å²) in [6, 6.07) is 1.83. The number of rotatable bonds is 7. The maximum atomic E-state index is 5.59. The summed E-state index contributed by atoms with van der Waals surface area (Å²) in [6.07, 6.45) is 1.05. The number of nitrogens with zero attached hydrogens (tertiary/aromatic N) is 2. The number of nitrogens with one attached hydrogen (secondary N) is 1. The summed E-state index contributed by atoms with van der Waals surface area (Å²) >= 11 is 0. The molecule has 19 heavy (non-hydrogen) atoms. The van der Waals surface area contributed by atoms with E-state index in [1.165, 1.54) is 0 Å². The molecule has 0 aromatic carbocycles. The van der Waals surface area contributed by atoms with E-state index in [9.17, 15) is 0 Å². The molecule has 1 heterocycles. The van der Waals surface area contributed by atoms with E-state index >= 15 is 0 Å².